The molecule has 0 bridgehead atoms. The van der Waals surface area contributed by atoms with E-state index in [1.807, 2.05) is 0 Å². The molecule has 2 unspecified atom stereocenters. The van der Waals surface area contributed by atoms with Gasteiger partial charge in [-0.1, -0.05) is 31.2 Å². The highest BCUT2D eigenvalue weighted by molar-refractivity contribution is 5.40. The van der Waals surface area contributed by atoms with Crippen LogP contribution in [-0.4, -0.2) is 37.1 Å². The predicted octanol–water partition coefficient (Wildman–Crippen LogP) is 2.40. The van der Waals surface area contributed by atoms with Crippen LogP contribution in [0, 0.1) is 0 Å². The van der Waals surface area contributed by atoms with E-state index in [9.17, 15) is 0 Å². The van der Waals surface area contributed by atoms with Gasteiger partial charge in [-0.15, -0.1) is 0 Å². The van der Waals surface area contributed by atoms with Crippen molar-refractivity contribution >= 4 is 0 Å². The third-order valence-corrected chi connectivity index (χ3v) is 4.40. The maximum absolute atomic E-state index is 3.65. The molecule has 18 heavy (non-hydrogen) atoms. The zero-order chi connectivity index (χ0) is 12.4. The van der Waals surface area contributed by atoms with Gasteiger partial charge in [0.05, 0.1) is 0 Å². The number of likely N-dealkylation sites (tertiary alicyclic amines) is 1. The molecule has 0 radical (unpaired) electrons. The molecule has 0 saturated carbocycles. The normalized spacial score (nSPS) is 26.9. The smallest absolute Gasteiger partial charge is 0.0207 e. The number of rotatable bonds is 5. The summed E-state index contributed by atoms with van der Waals surface area (Å²) in [6.07, 6.45) is 3.86. The Bertz CT molecular complexity index is 402. The molecule has 3 rings (SSSR count). The number of hydrogen-bond acceptors (Lipinski definition) is 2. The summed E-state index contributed by atoms with van der Waals surface area (Å²) in [5.74, 6) is 0.797. The summed E-state index contributed by atoms with van der Waals surface area (Å²) < 4.78 is 0. The minimum Gasteiger partial charge on any atom is -0.313 e. The third kappa shape index (κ3) is 2.45. The molecule has 0 aromatic heterocycles. The highest BCUT2D eigenvalue weighted by Gasteiger charge is 2.30. The van der Waals surface area contributed by atoms with Crippen molar-refractivity contribution in [3.63, 3.8) is 0 Å². The molecule has 1 aliphatic heterocycles. The van der Waals surface area contributed by atoms with E-state index >= 15 is 0 Å². The Kier molecular flexibility index (Phi) is 3.67. The first-order valence-corrected chi connectivity index (χ1v) is 7.40. The van der Waals surface area contributed by atoms with Crippen LogP contribution in [0.2, 0.25) is 0 Å². The Balaban J connectivity index is 1.48. The van der Waals surface area contributed by atoms with Crippen LogP contribution >= 0.6 is 0 Å². The molecule has 0 amide bonds. The first-order chi connectivity index (χ1) is 8.86. The Labute approximate surface area is 110 Å². The van der Waals surface area contributed by atoms with Gasteiger partial charge in [0.25, 0.3) is 0 Å². The lowest BCUT2D eigenvalue weighted by Crippen LogP contribution is -2.36. The number of nitrogens with zero attached hydrogens (tertiary/aromatic N) is 1. The first kappa shape index (κ1) is 12.2. The summed E-state index contributed by atoms with van der Waals surface area (Å²) in [6, 6.07) is 9.67. The van der Waals surface area contributed by atoms with E-state index < -0.39 is 0 Å². The van der Waals surface area contributed by atoms with Gasteiger partial charge < -0.3 is 10.2 Å². The maximum atomic E-state index is 3.65. The van der Waals surface area contributed by atoms with Gasteiger partial charge in [-0.05, 0) is 43.5 Å². The van der Waals surface area contributed by atoms with E-state index in [0.29, 0.717) is 0 Å². The van der Waals surface area contributed by atoms with Crippen LogP contribution in [0.5, 0.6) is 0 Å². The monoisotopic (exact) mass is 244 g/mol. The minimum atomic E-state index is 0.736. The van der Waals surface area contributed by atoms with Crippen molar-refractivity contribution in [2.75, 3.05) is 26.2 Å². The van der Waals surface area contributed by atoms with Gasteiger partial charge in [-0.2, -0.15) is 0 Å². The topological polar surface area (TPSA) is 15.3 Å². The van der Waals surface area contributed by atoms with Gasteiger partial charge >= 0.3 is 0 Å². The lowest BCUT2D eigenvalue weighted by Gasteiger charge is -2.33. The molecule has 98 valence electrons. The largest absolute Gasteiger partial charge is 0.313 e. The van der Waals surface area contributed by atoms with Crippen molar-refractivity contribution in [2.45, 2.75) is 38.1 Å². The third-order valence-electron chi connectivity index (χ3n) is 4.40. The van der Waals surface area contributed by atoms with Gasteiger partial charge in [0.2, 0.25) is 0 Å². The molecule has 2 aliphatic rings. The summed E-state index contributed by atoms with van der Waals surface area (Å²) >= 11 is 0. The molecule has 2 heteroatoms. The molecule has 1 aliphatic carbocycles. The fourth-order valence-corrected chi connectivity index (χ4v) is 3.35. The van der Waals surface area contributed by atoms with Crippen LogP contribution < -0.4 is 5.32 Å². The first-order valence-electron chi connectivity index (χ1n) is 7.40. The van der Waals surface area contributed by atoms with E-state index in [-0.39, 0.29) is 0 Å². The van der Waals surface area contributed by atoms with Crippen LogP contribution in [0.15, 0.2) is 24.3 Å². The highest BCUT2D eigenvalue weighted by Crippen LogP contribution is 2.35. The fraction of sp³-hybridized carbons (Fsp3) is 0.625. The molecular weight excluding hydrogens is 220 g/mol. The summed E-state index contributed by atoms with van der Waals surface area (Å²) in [4.78, 5) is 2.65. The van der Waals surface area contributed by atoms with Gasteiger partial charge in [-0.3, -0.25) is 0 Å². The summed E-state index contributed by atoms with van der Waals surface area (Å²) in [5, 5.41) is 3.65. The molecule has 1 aromatic rings. The second-order valence-electron chi connectivity index (χ2n) is 5.80. The number of fused-ring (bicyclic) bond motifs is 1. The minimum absolute atomic E-state index is 0.736. The Morgan fingerprint density at radius 1 is 1.33 bits per heavy atom. The SMILES string of the molecule is CCCNC1CCN(CC2Cc3ccccc32)C1. The van der Waals surface area contributed by atoms with E-state index in [4.69, 9.17) is 0 Å². The van der Waals surface area contributed by atoms with Gasteiger partial charge in [0, 0.05) is 25.0 Å². The van der Waals surface area contributed by atoms with E-state index in [0.717, 1.165) is 12.0 Å². The summed E-state index contributed by atoms with van der Waals surface area (Å²) in [5.41, 5.74) is 3.17. The van der Waals surface area contributed by atoms with Gasteiger partial charge in [0.1, 0.15) is 0 Å². The van der Waals surface area contributed by atoms with E-state index in [1.54, 1.807) is 11.1 Å². The molecule has 1 N–H and O–H groups in total. The Morgan fingerprint density at radius 3 is 3.06 bits per heavy atom. The predicted molar refractivity (Wildman–Crippen MR) is 76.0 cm³/mol. The number of hydrogen-bond donors (Lipinski definition) is 1. The van der Waals surface area contributed by atoms with Crippen molar-refractivity contribution in [2.24, 2.45) is 0 Å². The summed E-state index contributed by atoms with van der Waals surface area (Å²) in [6.45, 7) is 7.20. The summed E-state index contributed by atoms with van der Waals surface area (Å²) in [7, 11) is 0. The molecular formula is C16H24N2. The van der Waals surface area contributed by atoms with Crippen LogP contribution in [0.4, 0.5) is 0 Å². The quantitative estimate of drug-likeness (QED) is 0.855. The molecule has 1 heterocycles. The van der Waals surface area contributed by atoms with E-state index in [1.165, 1.54) is 45.4 Å². The van der Waals surface area contributed by atoms with Crippen LogP contribution in [0.3, 0.4) is 0 Å². The molecule has 2 nitrogen and oxygen atoms in total. The number of nitrogens with one attached hydrogen (secondary N) is 1. The average Bonchev–Trinajstić information content (AvgIpc) is 2.81. The van der Waals surface area contributed by atoms with E-state index in [2.05, 4.69) is 41.4 Å². The van der Waals surface area contributed by atoms with Gasteiger partial charge in [0.15, 0.2) is 0 Å². The molecule has 1 aromatic carbocycles. The Morgan fingerprint density at radius 2 is 2.22 bits per heavy atom. The lowest BCUT2D eigenvalue weighted by atomic mass is 9.77. The van der Waals surface area contributed by atoms with Gasteiger partial charge in [-0.25, -0.2) is 0 Å². The maximum Gasteiger partial charge on any atom is 0.0207 e. The van der Waals surface area contributed by atoms with Crippen molar-refractivity contribution in [3.05, 3.63) is 35.4 Å². The molecule has 1 fully saturated rings. The molecule has 2 atom stereocenters. The lowest BCUT2D eigenvalue weighted by molar-refractivity contribution is 0.293. The van der Waals surface area contributed by atoms with Crippen molar-refractivity contribution in [1.82, 2.24) is 10.2 Å². The molecule has 1 saturated heterocycles. The fourth-order valence-electron chi connectivity index (χ4n) is 3.35. The highest BCUT2D eigenvalue weighted by atomic mass is 15.2. The molecule has 0 spiro atoms. The van der Waals surface area contributed by atoms with Crippen LogP contribution in [0.25, 0.3) is 0 Å². The average molecular weight is 244 g/mol. The van der Waals surface area contributed by atoms with Crippen molar-refractivity contribution < 1.29 is 0 Å². The zero-order valence-corrected chi connectivity index (χ0v) is 11.4. The second kappa shape index (κ2) is 5.41. The zero-order valence-electron chi connectivity index (χ0n) is 11.4. The van der Waals surface area contributed by atoms with Crippen molar-refractivity contribution in [3.8, 4) is 0 Å². The van der Waals surface area contributed by atoms with Crippen molar-refractivity contribution in [1.29, 1.82) is 0 Å². The Hall–Kier alpha value is -0.860. The van der Waals surface area contributed by atoms with Crippen LogP contribution in [0.1, 0.15) is 36.8 Å². The number of benzene rings is 1. The standard InChI is InChI=1S/C16H24N2/c1-2-8-17-15-7-9-18(12-15)11-14-10-13-5-3-4-6-16(13)14/h3-6,14-15,17H,2,7-12H2,1H3. The second-order valence-corrected chi connectivity index (χ2v) is 5.80. The van der Waals surface area contributed by atoms with Crippen LogP contribution in [-0.2, 0) is 6.42 Å².